The zero-order chi connectivity index (χ0) is 38.9. The molecular formula is C33H40ClN7O9S3. The van der Waals surface area contributed by atoms with Gasteiger partial charge in [-0.15, -0.1) is 10.2 Å². The third-order valence-electron chi connectivity index (χ3n) is 6.94. The van der Waals surface area contributed by atoms with E-state index >= 15 is 0 Å². The van der Waals surface area contributed by atoms with Crippen molar-refractivity contribution in [3.05, 3.63) is 65.9 Å². The van der Waals surface area contributed by atoms with Gasteiger partial charge in [0, 0.05) is 23.6 Å². The fourth-order valence-corrected chi connectivity index (χ4v) is 7.67. The Kier molecular flexibility index (Phi) is 17.1. The van der Waals surface area contributed by atoms with Crippen molar-refractivity contribution < 1.29 is 40.6 Å². The van der Waals surface area contributed by atoms with Crippen LogP contribution in [0.1, 0.15) is 52.4 Å². The Morgan fingerprint density at radius 2 is 1.51 bits per heavy atom. The standard InChI is InChI=1S/C19H23ClN2O2S.C14H17N5O7S2/c1-2-3-4-5-6-10-13-25-19(23)24-16-14-17(20)21-22-18(16)15-11-8-7-9-12-15;1-4-27(21,22)9-6-5-7-15-12(9)28(23,24)19-14(20)18-13-16-10(25-2)8-11(17-13)26-3/h7-9,11-12,14H,2-6,10,13H2,1H3;5-8H,4H2,1-3H3,(H2,16,17,18,19,20). The molecule has 0 spiro atoms. The number of thioether (sulfide) groups is 1. The van der Waals surface area contributed by atoms with Crippen LogP contribution in [0.2, 0.25) is 5.15 Å². The number of rotatable bonds is 16. The van der Waals surface area contributed by atoms with Crippen LogP contribution in [0.3, 0.4) is 0 Å². The summed E-state index contributed by atoms with van der Waals surface area (Å²) in [6.07, 6.45) is 8.29. The topological polar surface area (TPSA) is 219 Å². The van der Waals surface area contributed by atoms with Crippen molar-refractivity contribution in [2.75, 3.05) is 31.0 Å². The van der Waals surface area contributed by atoms with Crippen LogP contribution >= 0.6 is 23.4 Å². The molecule has 2 amide bonds. The van der Waals surface area contributed by atoms with E-state index in [1.807, 2.05) is 30.3 Å². The number of nitrogens with one attached hydrogen (secondary N) is 2. The number of nitrogens with zero attached hydrogens (tertiary/aromatic N) is 5. The fraction of sp³-hybridized carbons (Fsp3) is 0.364. The quantitative estimate of drug-likeness (QED) is 0.0902. The maximum absolute atomic E-state index is 12.5. The average molecular weight is 810 g/mol. The number of pyridine rings is 1. The Morgan fingerprint density at radius 1 is 0.849 bits per heavy atom. The molecule has 16 nitrogen and oxygen atoms in total. The lowest BCUT2D eigenvalue weighted by molar-refractivity contribution is 0.227. The summed E-state index contributed by atoms with van der Waals surface area (Å²) in [6.45, 7) is 3.56. The molecule has 0 fully saturated rings. The number of halogens is 1. The Labute approximate surface area is 317 Å². The van der Waals surface area contributed by atoms with Gasteiger partial charge in [-0.2, -0.15) is 18.4 Å². The average Bonchev–Trinajstić information content (AvgIpc) is 3.14. The minimum atomic E-state index is -4.61. The molecule has 0 aliphatic heterocycles. The molecule has 20 heteroatoms. The first-order valence-corrected chi connectivity index (χ1v) is 20.7. The predicted molar refractivity (Wildman–Crippen MR) is 201 cm³/mol. The highest BCUT2D eigenvalue weighted by Gasteiger charge is 2.28. The summed E-state index contributed by atoms with van der Waals surface area (Å²) in [5.41, 5.74) is 1.34. The van der Waals surface area contributed by atoms with Crippen LogP contribution in [0.5, 0.6) is 17.5 Å². The first kappa shape index (κ1) is 42.8. The number of sulfone groups is 1. The van der Waals surface area contributed by atoms with Gasteiger partial charge < -0.3 is 14.2 Å². The molecule has 0 aliphatic rings. The number of methoxy groups -OCH3 is 2. The number of sulfonamides is 1. The lowest BCUT2D eigenvalue weighted by Crippen LogP contribution is -2.36. The maximum atomic E-state index is 12.5. The summed E-state index contributed by atoms with van der Waals surface area (Å²) in [6, 6.07) is 13.5. The van der Waals surface area contributed by atoms with Crippen LogP contribution in [0.4, 0.5) is 15.5 Å². The Bertz CT molecular complexity index is 2020. The van der Waals surface area contributed by atoms with E-state index in [1.54, 1.807) is 4.72 Å². The van der Waals surface area contributed by atoms with Gasteiger partial charge in [0.2, 0.25) is 17.7 Å². The molecule has 4 rings (SSSR count). The number of amides is 2. The highest BCUT2D eigenvalue weighted by molar-refractivity contribution is 8.13. The van der Waals surface area contributed by atoms with Crippen molar-refractivity contribution in [1.29, 1.82) is 0 Å². The van der Waals surface area contributed by atoms with Crippen molar-refractivity contribution >= 4 is 60.5 Å². The zero-order valence-corrected chi connectivity index (χ0v) is 32.6. The minimum absolute atomic E-state index is 0.0612. The molecule has 0 saturated carbocycles. The lowest BCUT2D eigenvalue weighted by Gasteiger charge is -2.11. The monoisotopic (exact) mass is 809 g/mol. The Balaban J connectivity index is 0.000000287. The van der Waals surface area contributed by atoms with Crippen LogP contribution in [-0.4, -0.2) is 79.0 Å². The highest BCUT2D eigenvalue weighted by atomic mass is 35.5. The fourth-order valence-electron chi connectivity index (χ4n) is 4.32. The number of anilines is 1. The minimum Gasteiger partial charge on any atom is -0.481 e. The van der Waals surface area contributed by atoms with Gasteiger partial charge in [-0.25, -0.2) is 27.7 Å². The van der Waals surface area contributed by atoms with Crippen molar-refractivity contribution in [2.45, 2.75) is 62.3 Å². The highest BCUT2D eigenvalue weighted by Crippen LogP contribution is 2.30. The summed E-state index contributed by atoms with van der Waals surface area (Å²) in [5.74, 6) is 0.581. The molecule has 3 heterocycles. The van der Waals surface area contributed by atoms with Crippen LogP contribution in [0, 0.1) is 0 Å². The van der Waals surface area contributed by atoms with E-state index in [4.69, 9.17) is 25.8 Å². The third kappa shape index (κ3) is 13.7. The number of aromatic nitrogens is 5. The van der Waals surface area contributed by atoms with E-state index in [1.165, 1.54) is 76.8 Å². The number of carbonyl (C=O) groups is 2. The summed E-state index contributed by atoms with van der Waals surface area (Å²) in [5, 5.41) is 9.09. The first-order valence-electron chi connectivity index (χ1n) is 16.2. The molecular weight excluding hydrogens is 770 g/mol. The van der Waals surface area contributed by atoms with E-state index in [2.05, 4.69) is 37.4 Å². The van der Waals surface area contributed by atoms with E-state index in [0.717, 1.165) is 36.4 Å². The number of unbranched alkanes of at least 4 members (excludes halogenated alkanes) is 5. The number of hydrogen-bond acceptors (Lipinski definition) is 15. The molecule has 0 radical (unpaired) electrons. The van der Waals surface area contributed by atoms with Crippen molar-refractivity contribution in [3.8, 4) is 28.8 Å². The number of urea groups is 1. The Morgan fingerprint density at radius 3 is 2.15 bits per heavy atom. The first-order chi connectivity index (χ1) is 25.3. The van der Waals surface area contributed by atoms with E-state index in [0.29, 0.717) is 11.4 Å². The largest absolute Gasteiger partial charge is 0.481 e. The van der Waals surface area contributed by atoms with Gasteiger partial charge in [0.05, 0.1) is 26.0 Å². The number of benzene rings is 1. The summed E-state index contributed by atoms with van der Waals surface area (Å²) in [7, 11) is -5.85. The lowest BCUT2D eigenvalue weighted by atomic mass is 10.1. The van der Waals surface area contributed by atoms with Gasteiger partial charge in [-0.3, -0.25) is 5.32 Å². The number of hydrogen-bond donors (Lipinski definition) is 2. The van der Waals surface area contributed by atoms with Gasteiger partial charge >= 0.3 is 11.3 Å². The van der Waals surface area contributed by atoms with Gasteiger partial charge in [-0.1, -0.05) is 87.9 Å². The summed E-state index contributed by atoms with van der Waals surface area (Å²) >= 11 is 7.10. The SMILES string of the molecule is CCCCCCCCSC(=O)Oc1cc(Cl)nnc1-c1ccccc1.CCS(=O)(=O)c1cccnc1S(=O)(=O)NC(=O)Nc1nc(OC)cc(OC)n1. The molecule has 53 heavy (non-hydrogen) atoms. The second kappa shape index (κ2) is 21.2. The number of carbonyl (C=O) groups excluding carboxylic acids is 2. The third-order valence-corrected chi connectivity index (χ3v) is 11.1. The van der Waals surface area contributed by atoms with Gasteiger partial charge in [0.25, 0.3) is 10.0 Å². The maximum Gasteiger partial charge on any atom is 0.372 e. The molecule has 1 aromatic carbocycles. The van der Waals surface area contributed by atoms with Crippen molar-refractivity contribution in [3.63, 3.8) is 0 Å². The van der Waals surface area contributed by atoms with Gasteiger partial charge in [0.1, 0.15) is 10.6 Å². The molecule has 0 atom stereocenters. The normalized spacial score (nSPS) is 11.1. The van der Waals surface area contributed by atoms with Crippen LogP contribution in [0.15, 0.2) is 70.7 Å². The van der Waals surface area contributed by atoms with Crippen LogP contribution in [-0.2, 0) is 19.9 Å². The zero-order valence-electron chi connectivity index (χ0n) is 29.4. The van der Waals surface area contributed by atoms with Crippen LogP contribution < -0.4 is 24.2 Å². The molecule has 2 N–H and O–H groups in total. The molecule has 0 bridgehead atoms. The Hall–Kier alpha value is -4.59. The van der Waals surface area contributed by atoms with Gasteiger partial charge in [0.15, 0.2) is 25.8 Å². The van der Waals surface area contributed by atoms with Crippen molar-refractivity contribution in [1.82, 2.24) is 29.9 Å². The molecule has 0 aliphatic carbocycles. The van der Waals surface area contributed by atoms with E-state index in [-0.39, 0.29) is 33.9 Å². The molecule has 286 valence electrons. The van der Waals surface area contributed by atoms with E-state index < -0.39 is 35.8 Å². The van der Waals surface area contributed by atoms with Crippen LogP contribution in [0.25, 0.3) is 11.3 Å². The van der Waals surface area contributed by atoms with Crippen molar-refractivity contribution in [2.24, 2.45) is 0 Å². The van der Waals surface area contributed by atoms with Gasteiger partial charge in [-0.05, 0) is 30.3 Å². The number of ether oxygens (including phenoxy) is 3. The second-order valence-electron chi connectivity index (χ2n) is 10.8. The predicted octanol–water partition coefficient (Wildman–Crippen LogP) is 6.58. The summed E-state index contributed by atoms with van der Waals surface area (Å²) in [4.78, 5) is 34.9. The second-order valence-corrected chi connectivity index (χ2v) is 16.0. The molecule has 0 saturated heterocycles. The van der Waals surface area contributed by atoms with E-state index in [9.17, 15) is 26.4 Å². The smallest absolute Gasteiger partial charge is 0.372 e. The molecule has 3 aromatic heterocycles. The molecule has 4 aromatic rings. The molecule has 0 unspecified atom stereocenters. The summed E-state index contributed by atoms with van der Waals surface area (Å²) < 4.78 is 66.1.